The SMILES string of the molecule is CC1CC1(O)COc1ccccc1. The van der Waals surface area contributed by atoms with Gasteiger partial charge in [-0.25, -0.2) is 0 Å². The average molecular weight is 178 g/mol. The fourth-order valence-corrected chi connectivity index (χ4v) is 1.40. The van der Waals surface area contributed by atoms with Crippen LogP contribution in [-0.2, 0) is 0 Å². The molecule has 0 aromatic heterocycles. The molecule has 1 aromatic rings. The Hall–Kier alpha value is -1.02. The highest BCUT2D eigenvalue weighted by molar-refractivity contribution is 5.21. The lowest BCUT2D eigenvalue weighted by Crippen LogP contribution is -2.20. The van der Waals surface area contributed by atoms with Gasteiger partial charge in [0.25, 0.3) is 0 Å². The van der Waals surface area contributed by atoms with Crippen molar-refractivity contribution in [3.05, 3.63) is 30.3 Å². The normalized spacial score (nSPS) is 31.4. The van der Waals surface area contributed by atoms with Crippen molar-refractivity contribution in [2.75, 3.05) is 6.61 Å². The van der Waals surface area contributed by atoms with Crippen LogP contribution in [0.1, 0.15) is 13.3 Å². The molecule has 0 saturated heterocycles. The van der Waals surface area contributed by atoms with Crippen LogP contribution < -0.4 is 4.74 Å². The summed E-state index contributed by atoms with van der Waals surface area (Å²) >= 11 is 0. The van der Waals surface area contributed by atoms with Gasteiger partial charge in [0.1, 0.15) is 18.0 Å². The average Bonchev–Trinajstić information content (AvgIpc) is 2.74. The molecule has 0 bridgehead atoms. The number of ether oxygens (including phenoxy) is 1. The van der Waals surface area contributed by atoms with E-state index >= 15 is 0 Å². The summed E-state index contributed by atoms with van der Waals surface area (Å²) in [7, 11) is 0. The van der Waals surface area contributed by atoms with E-state index in [2.05, 4.69) is 0 Å². The van der Waals surface area contributed by atoms with E-state index in [-0.39, 0.29) is 0 Å². The zero-order chi connectivity index (χ0) is 9.31. The predicted molar refractivity (Wildman–Crippen MR) is 50.7 cm³/mol. The smallest absolute Gasteiger partial charge is 0.119 e. The quantitative estimate of drug-likeness (QED) is 0.765. The summed E-state index contributed by atoms with van der Waals surface area (Å²) in [5, 5.41) is 9.73. The number of rotatable bonds is 3. The molecule has 0 heterocycles. The first-order valence-electron chi connectivity index (χ1n) is 4.61. The van der Waals surface area contributed by atoms with Gasteiger partial charge in [0.05, 0.1) is 0 Å². The van der Waals surface area contributed by atoms with Gasteiger partial charge in [-0.2, -0.15) is 0 Å². The second-order valence-electron chi connectivity index (χ2n) is 3.81. The lowest BCUT2D eigenvalue weighted by Gasteiger charge is -2.10. The van der Waals surface area contributed by atoms with Crippen molar-refractivity contribution in [2.45, 2.75) is 18.9 Å². The molecule has 2 unspecified atom stereocenters. The van der Waals surface area contributed by atoms with E-state index in [0.717, 1.165) is 12.2 Å². The summed E-state index contributed by atoms with van der Waals surface area (Å²) in [5.41, 5.74) is -0.560. The summed E-state index contributed by atoms with van der Waals surface area (Å²) in [6, 6.07) is 9.60. The Bertz CT molecular complexity index is 283. The molecule has 2 rings (SSSR count). The van der Waals surface area contributed by atoms with E-state index in [1.165, 1.54) is 0 Å². The van der Waals surface area contributed by atoms with Crippen molar-refractivity contribution in [3.63, 3.8) is 0 Å². The molecule has 70 valence electrons. The Balaban J connectivity index is 1.87. The van der Waals surface area contributed by atoms with Gasteiger partial charge in [0, 0.05) is 0 Å². The van der Waals surface area contributed by atoms with Crippen LogP contribution in [-0.4, -0.2) is 17.3 Å². The first-order chi connectivity index (χ1) is 6.21. The molecule has 1 aliphatic carbocycles. The monoisotopic (exact) mass is 178 g/mol. The zero-order valence-corrected chi connectivity index (χ0v) is 7.73. The third-order valence-corrected chi connectivity index (χ3v) is 2.65. The van der Waals surface area contributed by atoms with Gasteiger partial charge in [0.2, 0.25) is 0 Å². The molecule has 1 N–H and O–H groups in total. The Labute approximate surface area is 78.2 Å². The number of para-hydroxylation sites is 1. The summed E-state index contributed by atoms with van der Waals surface area (Å²) in [5.74, 6) is 1.21. The highest BCUT2D eigenvalue weighted by Crippen LogP contribution is 2.42. The third kappa shape index (κ3) is 1.83. The second kappa shape index (κ2) is 3.04. The predicted octanol–water partition coefficient (Wildman–Crippen LogP) is 1.84. The first kappa shape index (κ1) is 8.57. The number of benzene rings is 1. The summed E-state index contributed by atoms with van der Waals surface area (Å²) in [6.45, 7) is 2.45. The minimum absolute atomic E-state index is 0.385. The second-order valence-corrected chi connectivity index (χ2v) is 3.81. The zero-order valence-electron chi connectivity index (χ0n) is 7.73. The van der Waals surface area contributed by atoms with Crippen LogP contribution in [0.15, 0.2) is 30.3 Å². The minimum Gasteiger partial charge on any atom is -0.491 e. The standard InChI is InChI=1S/C11H14O2/c1-9-7-11(9,12)8-13-10-5-3-2-4-6-10/h2-6,9,12H,7-8H2,1H3. The molecular weight excluding hydrogens is 164 g/mol. The molecular formula is C11H14O2. The lowest BCUT2D eigenvalue weighted by atomic mass is 10.3. The number of hydrogen-bond donors (Lipinski definition) is 1. The molecule has 2 atom stereocenters. The molecule has 1 saturated carbocycles. The fourth-order valence-electron chi connectivity index (χ4n) is 1.40. The maximum absolute atomic E-state index is 9.73. The van der Waals surface area contributed by atoms with E-state index in [9.17, 15) is 5.11 Å². The van der Waals surface area contributed by atoms with Crippen molar-refractivity contribution >= 4 is 0 Å². The molecule has 0 aliphatic heterocycles. The fraction of sp³-hybridized carbons (Fsp3) is 0.455. The van der Waals surface area contributed by atoms with Crippen molar-refractivity contribution < 1.29 is 9.84 Å². The topological polar surface area (TPSA) is 29.5 Å². The molecule has 1 fully saturated rings. The lowest BCUT2D eigenvalue weighted by molar-refractivity contribution is 0.0731. The number of hydrogen-bond acceptors (Lipinski definition) is 2. The van der Waals surface area contributed by atoms with Crippen molar-refractivity contribution in [1.29, 1.82) is 0 Å². The van der Waals surface area contributed by atoms with E-state index < -0.39 is 5.60 Å². The van der Waals surface area contributed by atoms with E-state index in [4.69, 9.17) is 4.74 Å². The van der Waals surface area contributed by atoms with E-state index in [0.29, 0.717) is 12.5 Å². The molecule has 0 radical (unpaired) electrons. The van der Waals surface area contributed by atoms with Gasteiger partial charge in [-0.1, -0.05) is 25.1 Å². The maximum Gasteiger partial charge on any atom is 0.119 e. The van der Waals surface area contributed by atoms with Gasteiger partial charge in [-0.05, 0) is 24.5 Å². The Morgan fingerprint density at radius 3 is 2.62 bits per heavy atom. The van der Waals surface area contributed by atoms with Crippen LogP contribution in [0.25, 0.3) is 0 Å². The molecule has 1 aliphatic rings. The third-order valence-electron chi connectivity index (χ3n) is 2.65. The summed E-state index contributed by atoms with van der Waals surface area (Å²) < 4.78 is 5.45. The molecule has 0 spiro atoms. The van der Waals surface area contributed by atoms with Crippen LogP contribution in [0.4, 0.5) is 0 Å². The highest BCUT2D eigenvalue weighted by Gasteiger charge is 2.50. The Morgan fingerprint density at radius 1 is 1.46 bits per heavy atom. The number of aliphatic hydroxyl groups is 1. The van der Waals surface area contributed by atoms with Crippen LogP contribution in [0.2, 0.25) is 0 Å². The van der Waals surface area contributed by atoms with Crippen molar-refractivity contribution in [2.24, 2.45) is 5.92 Å². The van der Waals surface area contributed by atoms with Gasteiger partial charge in [0.15, 0.2) is 0 Å². The van der Waals surface area contributed by atoms with Crippen LogP contribution in [0.3, 0.4) is 0 Å². The minimum atomic E-state index is -0.560. The summed E-state index contributed by atoms with van der Waals surface area (Å²) in [4.78, 5) is 0. The Morgan fingerprint density at radius 2 is 2.08 bits per heavy atom. The van der Waals surface area contributed by atoms with Gasteiger partial charge in [-0.3, -0.25) is 0 Å². The molecule has 0 amide bonds. The first-order valence-corrected chi connectivity index (χ1v) is 4.61. The maximum atomic E-state index is 9.73. The Kier molecular flexibility index (Phi) is 2.00. The van der Waals surface area contributed by atoms with Crippen molar-refractivity contribution in [1.82, 2.24) is 0 Å². The summed E-state index contributed by atoms with van der Waals surface area (Å²) in [6.07, 6.45) is 0.861. The van der Waals surface area contributed by atoms with Crippen LogP contribution in [0.5, 0.6) is 5.75 Å². The van der Waals surface area contributed by atoms with E-state index in [1.54, 1.807) is 0 Å². The molecule has 2 nitrogen and oxygen atoms in total. The largest absolute Gasteiger partial charge is 0.491 e. The molecule has 1 aromatic carbocycles. The highest BCUT2D eigenvalue weighted by atomic mass is 16.5. The van der Waals surface area contributed by atoms with Crippen LogP contribution in [0, 0.1) is 5.92 Å². The molecule has 13 heavy (non-hydrogen) atoms. The van der Waals surface area contributed by atoms with Crippen LogP contribution >= 0.6 is 0 Å². The van der Waals surface area contributed by atoms with Gasteiger partial charge in [-0.15, -0.1) is 0 Å². The van der Waals surface area contributed by atoms with Crippen molar-refractivity contribution in [3.8, 4) is 5.75 Å². The van der Waals surface area contributed by atoms with Gasteiger partial charge >= 0.3 is 0 Å². The van der Waals surface area contributed by atoms with Gasteiger partial charge < -0.3 is 9.84 Å². The van der Waals surface area contributed by atoms with E-state index in [1.807, 2.05) is 37.3 Å². The molecule has 2 heteroatoms.